The maximum Gasteiger partial charge on any atom is 0.302 e. The lowest BCUT2D eigenvalue weighted by atomic mass is 9.96. The van der Waals surface area contributed by atoms with Crippen LogP contribution in [0.5, 0.6) is 0 Å². The van der Waals surface area contributed by atoms with Gasteiger partial charge in [0.05, 0.1) is 21.0 Å². The first kappa shape index (κ1) is 33.7. The molecule has 0 unspecified atom stereocenters. The average Bonchev–Trinajstić information content (AvgIpc) is 3.56. The molecule has 13 heteroatoms. The third kappa shape index (κ3) is 7.41. The van der Waals surface area contributed by atoms with E-state index < -0.39 is 10.8 Å². The molecule has 1 fully saturated rings. The van der Waals surface area contributed by atoms with Gasteiger partial charge in [0, 0.05) is 49.1 Å². The van der Waals surface area contributed by atoms with Crippen molar-refractivity contribution >= 4 is 69.2 Å². The Morgan fingerprint density at radius 1 is 0.784 bits per heavy atom. The largest absolute Gasteiger partial charge is 0.423 e. The molecule has 2 N–H and O–H groups in total. The first-order chi connectivity index (χ1) is 24.7. The number of piperazine rings is 1. The number of nitro groups is 1. The molecule has 0 aliphatic carbocycles. The number of amides is 2. The van der Waals surface area contributed by atoms with Crippen LogP contribution in [-0.4, -0.2) is 57.7 Å². The van der Waals surface area contributed by atoms with E-state index in [0.717, 1.165) is 6.07 Å². The molecule has 51 heavy (non-hydrogen) atoms. The fourth-order valence-electron chi connectivity index (χ4n) is 6.19. The quantitative estimate of drug-likeness (QED) is 0.112. The van der Waals surface area contributed by atoms with Crippen LogP contribution < -0.4 is 10.6 Å². The summed E-state index contributed by atoms with van der Waals surface area (Å²) in [7, 11) is 0. The van der Waals surface area contributed by atoms with E-state index in [-0.39, 0.29) is 39.9 Å². The third-order valence-corrected chi connectivity index (χ3v) is 9.45. The Labute approximate surface area is 302 Å². The van der Waals surface area contributed by atoms with E-state index in [1.165, 1.54) is 29.3 Å². The summed E-state index contributed by atoms with van der Waals surface area (Å²) in [5.74, 6) is -0.785. The monoisotopic (exact) mass is 720 g/mol. The van der Waals surface area contributed by atoms with Gasteiger partial charge in [0.2, 0.25) is 0 Å². The van der Waals surface area contributed by atoms with Gasteiger partial charge in [-0.25, -0.2) is 0 Å². The Balaban J connectivity index is 1.02. The topological polar surface area (TPSA) is 134 Å². The van der Waals surface area contributed by atoms with Gasteiger partial charge in [-0.05, 0) is 59.7 Å². The predicted molar refractivity (Wildman–Crippen MR) is 197 cm³/mol. The fraction of sp³-hybridized carbons (Fsp3) is 0.132. The molecule has 1 aliphatic rings. The summed E-state index contributed by atoms with van der Waals surface area (Å²) in [5.41, 5.74) is 3.93. The Kier molecular flexibility index (Phi) is 9.67. The SMILES string of the molecule is O=C(Nc1nc2cc(C(=O)N3CCN(C(c4ccccc4)c4ccccc4)CC3)ccc2o1)c1ccc(Nc2ccc(Cl)c(Cl)c2)c([N+](=O)[O-])c1. The lowest BCUT2D eigenvalue weighted by Gasteiger charge is -2.39. The van der Waals surface area contributed by atoms with Crippen LogP contribution in [0.25, 0.3) is 11.1 Å². The van der Waals surface area contributed by atoms with Crippen LogP contribution in [-0.2, 0) is 0 Å². The lowest BCUT2D eigenvalue weighted by molar-refractivity contribution is -0.383. The Morgan fingerprint density at radius 2 is 1.45 bits per heavy atom. The molecule has 0 radical (unpaired) electrons. The molecule has 6 aromatic rings. The van der Waals surface area contributed by atoms with E-state index in [1.807, 2.05) is 41.3 Å². The minimum Gasteiger partial charge on any atom is -0.423 e. The zero-order valence-electron chi connectivity index (χ0n) is 27.0. The third-order valence-electron chi connectivity index (χ3n) is 8.71. The van der Waals surface area contributed by atoms with Crippen LogP contribution >= 0.6 is 23.2 Å². The van der Waals surface area contributed by atoms with Crippen molar-refractivity contribution in [3.05, 3.63) is 158 Å². The van der Waals surface area contributed by atoms with Crippen molar-refractivity contribution in [2.45, 2.75) is 6.04 Å². The summed E-state index contributed by atoms with van der Waals surface area (Å²) in [4.78, 5) is 46.6. The zero-order valence-corrected chi connectivity index (χ0v) is 28.5. The molecule has 2 heterocycles. The number of nitrogens with zero attached hydrogens (tertiary/aromatic N) is 4. The molecule has 11 nitrogen and oxygen atoms in total. The van der Waals surface area contributed by atoms with Crippen LogP contribution in [0.1, 0.15) is 37.9 Å². The van der Waals surface area contributed by atoms with Crippen molar-refractivity contribution in [3.63, 3.8) is 0 Å². The van der Waals surface area contributed by atoms with Crippen LogP contribution in [0.15, 0.2) is 120 Å². The van der Waals surface area contributed by atoms with Crippen LogP contribution in [0, 0.1) is 10.1 Å². The molecular formula is C38H30Cl2N6O5. The second-order valence-electron chi connectivity index (χ2n) is 12.0. The standard InChI is InChI=1S/C38H30Cl2N6O5/c39-29-14-13-28(23-30(29)40)41-31-15-11-26(22-33(31)46(49)50)36(47)43-38-42-32-21-27(12-16-34(32)51-38)37(48)45-19-17-44(18-20-45)35(24-7-3-1-4-8-24)25-9-5-2-6-10-25/h1-16,21-23,35,41H,17-20H2,(H,42,43,47). The van der Waals surface area contributed by atoms with Crippen LogP contribution in [0.2, 0.25) is 10.0 Å². The summed E-state index contributed by atoms with van der Waals surface area (Å²) in [5, 5.41) is 18.0. The number of nitro benzene ring substituents is 1. The highest BCUT2D eigenvalue weighted by Crippen LogP contribution is 2.33. The van der Waals surface area contributed by atoms with Gasteiger partial charge in [0.1, 0.15) is 11.2 Å². The molecule has 2 amide bonds. The number of nitrogens with one attached hydrogen (secondary N) is 2. The van der Waals surface area contributed by atoms with Gasteiger partial charge < -0.3 is 14.6 Å². The number of oxazole rings is 1. The summed E-state index contributed by atoms with van der Waals surface area (Å²) >= 11 is 12.0. The van der Waals surface area contributed by atoms with Gasteiger partial charge in [0.15, 0.2) is 5.58 Å². The predicted octanol–water partition coefficient (Wildman–Crippen LogP) is 8.59. The number of benzene rings is 5. The van der Waals surface area contributed by atoms with E-state index in [9.17, 15) is 19.7 Å². The number of halogens is 2. The van der Waals surface area contributed by atoms with Crippen molar-refractivity contribution in [2.24, 2.45) is 0 Å². The number of hydrogen-bond donors (Lipinski definition) is 2. The molecule has 0 bridgehead atoms. The summed E-state index contributed by atoms with van der Waals surface area (Å²) in [6, 6.07) is 34.4. The first-order valence-corrected chi connectivity index (χ1v) is 16.8. The number of aromatic nitrogens is 1. The van der Waals surface area contributed by atoms with Crippen molar-refractivity contribution in [2.75, 3.05) is 36.8 Å². The smallest absolute Gasteiger partial charge is 0.302 e. The van der Waals surface area contributed by atoms with Crippen molar-refractivity contribution in [1.82, 2.24) is 14.8 Å². The van der Waals surface area contributed by atoms with Gasteiger partial charge in [0.25, 0.3) is 17.5 Å². The highest BCUT2D eigenvalue weighted by atomic mass is 35.5. The van der Waals surface area contributed by atoms with E-state index in [4.69, 9.17) is 27.6 Å². The molecule has 0 atom stereocenters. The second-order valence-corrected chi connectivity index (χ2v) is 12.8. The lowest BCUT2D eigenvalue weighted by Crippen LogP contribution is -2.49. The van der Waals surface area contributed by atoms with Crippen molar-refractivity contribution < 1.29 is 18.9 Å². The minimum absolute atomic E-state index is 0.0143. The number of fused-ring (bicyclic) bond motifs is 1. The highest BCUT2D eigenvalue weighted by Gasteiger charge is 2.29. The number of carbonyl (C=O) groups is 2. The molecule has 0 spiro atoms. The van der Waals surface area contributed by atoms with Crippen molar-refractivity contribution in [3.8, 4) is 0 Å². The normalized spacial score (nSPS) is 13.4. The summed E-state index contributed by atoms with van der Waals surface area (Å²) in [6.45, 7) is 2.52. The molecule has 1 aliphatic heterocycles. The number of carbonyl (C=O) groups excluding carboxylic acids is 2. The van der Waals surface area contributed by atoms with Gasteiger partial charge in [-0.1, -0.05) is 83.9 Å². The molecule has 7 rings (SSSR count). The van der Waals surface area contributed by atoms with Gasteiger partial charge in [-0.15, -0.1) is 0 Å². The molecular weight excluding hydrogens is 691 g/mol. The maximum absolute atomic E-state index is 13.6. The molecule has 1 saturated heterocycles. The second kappa shape index (κ2) is 14.6. The fourth-order valence-corrected chi connectivity index (χ4v) is 6.49. The summed E-state index contributed by atoms with van der Waals surface area (Å²) in [6.07, 6.45) is 0. The number of hydrogen-bond acceptors (Lipinski definition) is 8. The highest BCUT2D eigenvalue weighted by molar-refractivity contribution is 6.42. The van der Waals surface area contributed by atoms with Gasteiger partial charge in [-0.2, -0.15) is 4.98 Å². The van der Waals surface area contributed by atoms with Crippen molar-refractivity contribution in [1.29, 1.82) is 0 Å². The van der Waals surface area contributed by atoms with Crippen LogP contribution in [0.4, 0.5) is 23.1 Å². The zero-order chi connectivity index (χ0) is 35.5. The first-order valence-electron chi connectivity index (χ1n) is 16.1. The molecule has 256 valence electrons. The van der Waals surface area contributed by atoms with Crippen LogP contribution in [0.3, 0.4) is 0 Å². The minimum atomic E-state index is -0.663. The molecule has 5 aromatic carbocycles. The number of rotatable bonds is 9. The van der Waals surface area contributed by atoms with E-state index in [2.05, 4.69) is 44.8 Å². The maximum atomic E-state index is 13.6. The Bertz CT molecular complexity index is 2200. The van der Waals surface area contributed by atoms with Gasteiger partial charge in [-0.3, -0.25) is 29.9 Å². The average molecular weight is 722 g/mol. The Hall–Kier alpha value is -5.75. The van der Waals surface area contributed by atoms with E-state index in [1.54, 1.807) is 30.3 Å². The number of anilines is 3. The van der Waals surface area contributed by atoms with E-state index >= 15 is 0 Å². The molecule has 0 saturated carbocycles. The van der Waals surface area contributed by atoms with Gasteiger partial charge >= 0.3 is 6.01 Å². The Morgan fingerprint density at radius 3 is 2.10 bits per heavy atom. The van der Waals surface area contributed by atoms with E-state index in [0.29, 0.717) is 53.6 Å². The summed E-state index contributed by atoms with van der Waals surface area (Å²) < 4.78 is 5.72. The molecule has 1 aromatic heterocycles.